The molecule has 0 saturated heterocycles. The number of nitrogens with one attached hydrogen (secondary N) is 2. The van der Waals surface area contributed by atoms with Gasteiger partial charge in [-0.15, -0.1) is 0 Å². The number of amides is 1. The van der Waals surface area contributed by atoms with Crippen molar-refractivity contribution in [1.29, 1.82) is 5.26 Å². The lowest BCUT2D eigenvalue weighted by molar-refractivity contribution is -0.112. The molecule has 2 rings (SSSR count). The summed E-state index contributed by atoms with van der Waals surface area (Å²) in [4.78, 5) is 12.2. The standard InChI is InChI=1S/C19H19N3O/c1-13-5-4-6-18(9-13)22-19(23)16(11-20)12-21-17-8-7-14(2)15(3)10-17/h4-10,12,21H,1-3H3,(H,22,23)/b16-12-. The second-order valence-corrected chi connectivity index (χ2v) is 5.44. The predicted molar refractivity (Wildman–Crippen MR) is 93.0 cm³/mol. The fraction of sp³-hybridized carbons (Fsp3) is 0.158. The Kier molecular flexibility index (Phi) is 5.16. The summed E-state index contributed by atoms with van der Waals surface area (Å²) in [6.07, 6.45) is 1.43. The number of hydrogen-bond acceptors (Lipinski definition) is 3. The number of anilines is 2. The second-order valence-electron chi connectivity index (χ2n) is 5.44. The third-order valence-electron chi connectivity index (χ3n) is 3.53. The van der Waals surface area contributed by atoms with E-state index in [2.05, 4.69) is 10.6 Å². The van der Waals surface area contributed by atoms with E-state index in [0.717, 1.165) is 16.8 Å². The van der Waals surface area contributed by atoms with Crippen molar-refractivity contribution < 1.29 is 4.79 Å². The zero-order valence-electron chi connectivity index (χ0n) is 13.5. The summed E-state index contributed by atoms with van der Waals surface area (Å²) >= 11 is 0. The molecule has 0 aliphatic carbocycles. The average Bonchev–Trinajstić information content (AvgIpc) is 2.51. The van der Waals surface area contributed by atoms with Crippen LogP contribution in [0.3, 0.4) is 0 Å². The van der Waals surface area contributed by atoms with Crippen LogP contribution >= 0.6 is 0 Å². The Morgan fingerprint density at radius 3 is 2.48 bits per heavy atom. The summed E-state index contributed by atoms with van der Waals surface area (Å²) in [6, 6.07) is 15.2. The average molecular weight is 305 g/mol. The summed E-state index contributed by atoms with van der Waals surface area (Å²) in [7, 11) is 0. The molecular formula is C19H19N3O. The molecule has 2 aromatic rings. The van der Waals surface area contributed by atoms with Gasteiger partial charge in [0.25, 0.3) is 5.91 Å². The quantitative estimate of drug-likeness (QED) is 0.661. The minimum Gasteiger partial charge on any atom is -0.360 e. The maximum absolute atomic E-state index is 12.2. The van der Waals surface area contributed by atoms with Crippen molar-refractivity contribution in [2.45, 2.75) is 20.8 Å². The Bertz CT molecular complexity index is 801. The van der Waals surface area contributed by atoms with Crippen LogP contribution in [-0.2, 0) is 4.79 Å². The highest BCUT2D eigenvalue weighted by Gasteiger charge is 2.09. The molecule has 0 aliphatic heterocycles. The Morgan fingerprint density at radius 2 is 1.83 bits per heavy atom. The summed E-state index contributed by atoms with van der Waals surface area (Å²) in [5.74, 6) is -0.436. The number of carbonyl (C=O) groups excluding carboxylic acids is 1. The molecule has 4 nitrogen and oxygen atoms in total. The third-order valence-corrected chi connectivity index (χ3v) is 3.53. The van der Waals surface area contributed by atoms with E-state index in [4.69, 9.17) is 0 Å². The highest BCUT2D eigenvalue weighted by molar-refractivity contribution is 6.06. The van der Waals surface area contributed by atoms with Gasteiger partial charge in [0.05, 0.1) is 0 Å². The van der Waals surface area contributed by atoms with E-state index in [1.54, 1.807) is 6.07 Å². The Labute approximate surface area is 136 Å². The molecule has 0 fully saturated rings. The van der Waals surface area contributed by atoms with E-state index in [-0.39, 0.29) is 5.57 Å². The minimum atomic E-state index is -0.436. The topological polar surface area (TPSA) is 64.9 Å². The molecule has 0 aliphatic rings. The SMILES string of the molecule is Cc1cccc(NC(=O)/C(C#N)=C\Nc2ccc(C)c(C)c2)c1. The minimum absolute atomic E-state index is 0.0183. The van der Waals surface area contributed by atoms with Crippen molar-refractivity contribution in [3.8, 4) is 6.07 Å². The summed E-state index contributed by atoms with van der Waals surface area (Å²) in [5, 5.41) is 14.9. The Hall–Kier alpha value is -3.06. The van der Waals surface area contributed by atoms with Crippen LogP contribution in [0.15, 0.2) is 54.2 Å². The molecule has 2 aromatic carbocycles. The molecule has 2 N–H and O–H groups in total. The lowest BCUT2D eigenvalue weighted by Gasteiger charge is -2.07. The van der Waals surface area contributed by atoms with Gasteiger partial charge in [0.1, 0.15) is 11.6 Å². The fourth-order valence-corrected chi connectivity index (χ4v) is 2.06. The molecule has 23 heavy (non-hydrogen) atoms. The highest BCUT2D eigenvalue weighted by atomic mass is 16.1. The van der Waals surface area contributed by atoms with Gasteiger partial charge >= 0.3 is 0 Å². The molecule has 116 valence electrons. The van der Waals surface area contributed by atoms with Crippen molar-refractivity contribution in [3.63, 3.8) is 0 Å². The Balaban J connectivity index is 2.10. The van der Waals surface area contributed by atoms with Crippen LogP contribution in [0.4, 0.5) is 11.4 Å². The van der Waals surface area contributed by atoms with Gasteiger partial charge < -0.3 is 10.6 Å². The number of aryl methyl sites for hydroxylation is 3. The van der Waals surface area contributed by atoms with E-state index in [9.17, 15) is 10.1 Å². The number of hydrogen-bond donors (Lipinski definition) is 2. The van der Waals surface area contributed by atoms with E-state index in [1.807, 2.05) is 63.2 Å². The van der Waals surface area contributed by atoms with Crippen LogP contribution < -0.4 is 10.6 Å². The highest BCUT2D eigenvalue weighted by Crippen LogP contribution is 2.15. The number of benzene rings is 2. The third kappa shape index (κ3) is 4.45. The summed E-state index contributed by atoms with van der Waals surface area (Å²) in [5.41, 5.74) is 4.90. The first-order valence-corrected chi connectivity index (χ1v) is 7.31. The molecular weight excluding hydrogens is 286 g/mol. The lowest BCUT2D eigenvalue weighted by atomic mass is 10.1. The van der Waals surface area contributed by atoms with Gasteiger partial charge in [-0.2, -0.15) is 5.26 Å². The molecule has 1 amide bonds. The van der Waals surface area contributed by atoms with Crippen LogP contribution in [-0.4, -0.2) is 5.91 Å². The molecule has 0 radical (unpaired) electrons. The summed E-state index contributed by atoms with van der Waals surface area (Å²) in [6.45, 7) is 5.99. The number of carbonyl (C=O) groups is 1. The van der Waals surface area contributed by atoms with Gasteiger partial charge in [-0.05, 0) is 61.7 Å². The van der Waals surface area contributed by atoms with Crippen molar-refractivity contribution in [1.82, 2.24) is 0 Å². The van der Waals surface area contributed by atoms with Crippen molar-refractivity contribution in [2.24, 2.45) is 0 Å². The van der Waals surface area contributed by atoms with E-state index < -0.39 is 5.91 Å². The maximum Gasteiger partial charge on any atom is 0.267 e. The lowest BCUT2D eigenvalue weighted by Crippen LogP contribution is -2.14. The van der Waals surface area contributed by atoms with Gasteiger partial charge in [-0.3, -0.25) is 4.79 Å². The van der Waals surface area contributed by atoms with Gasteiger partial charge in [0.2, 0.25) is 0 Å². The predicted octanol–water partition coefficient (Wildman–Crippen LogP) is 4.07. The molecule has 0 heterocycles. The molecule has 4 heteroatoms. The number of nitrogens with zero attached hydrogens (tertiary/aromatic N) is 1. The molecule has 0 aromatic heterocycles. The first-order chi connectivity index (χ1) is 11.0. The second kappa shape index (κ2) is 7.28. The maximum atomic E-state index is 12.2. The van der Waals surface area contributed by atoms with E-state index in [1.165, 1.54) is 11.8 Å². The van der Waals surface area contributed by atoms with Crippen LogP contribution in [0, 0.1) is 32.1 Å². The normalized spacial score (nSPS) is 10.8. The smallest absolute Gasteiger partial charge is 0.267 e. The van der Waals surface area contributed by atoms with Crippen LogP contribution in [0.1, 0.15) is 16.7 Å². The number of nitriles is 1. The first-order valence-electron chi connectivity index (χ1n) is 7.31. The van der Waals surface area contributed by atoms with Crippen molar-refractivity contribution in [2.75, 3.05) is 10.6 Å². The number of rotatable bonds is 4. The van der Waals surface area contributed by atoms with Crippen LogP contribution in [0.25, 0.3) is 0 Å². The monoisotopic (exact) mass is 305 g/mol. The summed E-state index contributed by atoms with van der Waals surface area (Å²) < 4.78 is 0. The molecule has 0 unspecified atom stereocenters. The largest absolute Gasteiger partial charge is 0.360 e. The fourth-order valence-electron chi connectivity index (χ4n) is 2.06. The first kappa shape index (κ1) is 16.3. The zero-order chi connectivity index (χ0) is 16.8. The van der Waals surface area contributed by atoms with Crippen molar-refractivity contribution >= 4 is 17.3 Å². The Morgan fingerprint density at radius 1 is 1.04 bits per heavy atom. The molecule has 0 bridgehead atoms. The van der Waals surface area contributed by atoms with Crippen molar-refractivity contribution in [3.05, 3.63) is 70.9 Å². The molecule has 0 atom stereocenters. The van der Waals surface area contributed by atoms with Gasteiger partial charge in [0.15, 0.2) is 0 Å². The molecule has 0 saturated carbocycles. The van der Waals surface area contributed by atoms with Gasteiger partial charge in [0, 0.05) is 17.6 Å². The zero-order valence-corrected chi connectivity index (χ0v) is 13.5. The van der Waals surface area contributed by atoms with E-state index >= 15 is 0 Å². The van der Waals surface area contributed by atoms with Crippen LogP contribution in [0.2, 0.25) is 0 Å². The van der Waals surface area contributed by atoms with Gasteiger partial charge in [-0.1, -0.05) is 18.2 Å². The van der Waals surface area contributed by atoms with Gasteiger partial charge in [-0.25, -0.2) is 0 Å². The van der Waals surface area contributed by atoms with Crippen LogP contribution in [0.5, 0.6) is 0 Å². The van der Waals surface area contributed by atoms with E-state index in [0.29, 0.717) is 5.69 Å². The molecule has 0 spiro atoms.